The number of fused-ring (bicyclic) bond motifs is 6. The largest absolute Gasteiger partial charge is 0.322 e. The number of carbonyl (C=O) groups is 1. The Kier molecular flexibility index (Phi) is 4.24. The molecule has 2 atom stereocenters. The van der Waals surface area contributed by atoms with Crippen LogP contribution in [-0.2, 0) is 16.8 Å². The van der Waals surface area contributed by atoms with E-state index in [0.717, 1.165) is 35.7 Å². The zero-order chi connectivity index (χ0) is 22.8. The second kappa shape index (κ2) is 6.97. The summed E-state index contributed by atoms with van der Waals surface area (Å²) in [6.45, 7) is 3.19. The molecule has 1 amide bonds. The van der Waals surface area contributed by atoms with Crippen LogP contribution < -0.4 is 5.32 Å². The van der Waals surface area contributed by atoms with Crippen LogP contribution >= 0.6 is 0 Å². The molecule has 168 valence electrons. The van der Waals surface area contributed by atoms with Crippen LogP contribution in [-0.4, -0.2) is 36.5 Å². The number of rotatable bonds is 5. The molecule has 1 saturated carbocycles. The van der Waals surface area contributed by atoms with Crippen LogP contribution in [0.15, 0.2) is 48.9 Å². The Morgan fingerprint density at radius 3 is 3.00 bits per heavy atom. The Hall–Kier alpha value is -3.55. The van der Waals surface area contributed by atoms with Gasteiger partial charge in [-0.05, 0) is 56.2 Å². The van der Waals surface area contributed by atoms with E-state index in [9.17, 15) is 9.18 Å². The quantitative estimate of drug-likeness (QED) is 0.466. The molecule has 4 aromatic rings. The summed E-state index contributed by atoms with van der Waals surface area (Å²) in [7, 11) is 0. The number of nitrogens with one attached hydrogen (secondary N) is 2. The van der Waals surface area contributed by atoms with E-state index in [4.69, 9.17) is 0 Å². The Morgan fingerprint density at radius 1 is 1.30 bits per heavy atom. The molecule has 6 rings (SSSR count). The van der Waals surface area contributed by atoms with Crippen molar-refractivity contribution in [2.24, 2.45) is 0 Å². The van der Waals surface area contributed by atoms with E-state index >= 15 is 0 Å². The number of pyridine rings is 1. The maximum atomic E-state index is 14.2. The average Bonchev–Trinajstić information content (AvgIpc) is 3.56. The highest BCUT2D eigenvalue weighted by molar-refractivity contribution is 6.02. The van der Waals surface area contributed by atoms with Gasteiger partial charge < -0.3 is 5.32 Å². The molecule has 8 heteroatoms. The van der Waals surface area contributed by atoms with Gasteiger partial charge in [0, 0.05) is 11.6 Å². The first-order chi connectivity index (χ1) is 15.8. The van der Waals surface area contributed by atoms with Gasteiger partial charge in [0.1, 0.15) is 11.4 Å². The summed E-state index contributed by atoms with van der Waals surface area (Å²) in [5.41, 5.74) is 3.18. The lowest BCUT2D eigenvalue weighted by Crippen LogP contribution is -2.37. The van der Waals surface area contributed by atoms with Crippen LogP contribution in [0.1, 0.15) is 50.2 Å². The van der Waals surface area contributed by atoms with Crippen molar-refractivity contribution in [2.75, 3.05) is 5.32 Å². The summed E-state index contributed by atoms with van der Waals surface area (Å²) < 4.78 is 15.9. The van der Waals surface area contributed by atoms with Crippen LogP contribution in [0.5, 0.6) is 0 Å². The van der Waals surface area contributed by atoms with Crippen LogP contribution in [0.3, 0.4) is 0 Å². The summed E-state index contributed by atoms with van der Waals surface area (Å²) >= 11 is 0. The molecule has 0 saturated heterocycles. The molecular weight excluding hydrogens is 419 g/mol. The van der Waals surface area contributed by atoms with Crippen LogP contribution in [0, 0.1) is 0 Å². The molecule has 3 aromatic heterocycles. The summed E-state index contributed by atoms with van der Waals surface area (Å²) in [5.74, 6) is 0.461. The first kappa shape index (κ1) is 20.1. The van der Waals surface area contributed by atoms with Gasteiger partial charge >= 0.3 is 0 Å². The van der Waals surface area contributed by atoms with E-state index < -0.39 is 11.1 Å². The second-order valence-corrected chi connectivity index (χ2v) is 9.87. The maximum absolute atomic E-state index is 14.2. The van der Waals surface area contributed by atoms with Gasteiger partial charge in [0.15, 0.2) is 0 Å². The number of hydrogen-bond acceptors (Lipinski definition) is 4. The molecule has 0 aliphatic heterocycles. The first-order valence-corrected chi connectivity index (χ1v) is 11.3. The minimum Gasteiger partial charge on any atom is -0.322 e. The van der Waals surface area contributed by atoms with Gasteiger partial charge in [-0.25, -0.2) is 4.39 Å². The van der Waals surface area contributed by atoms with Gasteiger partial charge in [0.2, 0.25) is 5.91 Å². The van der Waals surface area contributed by atoms with Crippen LogP contribution in [0.25, 0.3) is 22.3 Å². The number of anilines is 1. The molecule has 1 aromatic carbocycles. The number of carbonyl (C=O) groups excluding carboxylic acids is 1. The van der Waals surface area contributed by atoms with Crippen LogP contribution in [0.4, 0.5) is 10.1 Å². The Morgan fingerprint density at radius 2 is 2.15 bits per heavy atom. The van der Waals surface area contributed by atoms with Gasteiger partial charge in [0.05, 0.1) is 41.3 Å². The highest BCUT2D eigenvalue weighted by Gasteiger charge is 2.53. The molecule has 0 spiro atoms. The number of halogens is 1. The van der Waals surface area contributed by atoms with Crippen molar-refractivity contribution in [3.8, 4) is 11.4 Å². The monoisotopic (exact) mass is 444 g/mol. The fourth-order valence-corrected chi connectivity index (χ4v) is 5.58. The Balaban J connectivity index is 1.33. The minimum atomic E-state index is -1.40. The molecule has 2 unspecified atom stereocenters. The number of benzene rings is 1. The predicted octanol–water partition coefficient (Wildman–Crippen LogP) is 4.73. The smallest absolute Gasteiger partial charge is 0.235 e. The van der Waals surface area contributed by atoms with Gasteiger partial charge in [-0.15, -0.1) is 0 Å². The summed E-state index contributed by atoms with van der Waals surface area (Å²) in [6, 6.07) is 10.2. The van der Waals surface area contributed by atoms with Crippen LogP contribution in [0.2, 0.25) is 0 Å². The van der Waals surface area contributed by atoms with Gasteiger partial charge in [-0.3, -0.25) is 19.6 Å². The number of aromatic nitrogens is 5. The zero-order valence-corrected chi connectivity index (χ0v) is 18.6. The molecule has 0 radical (unpaired) electrons. The van der Waals surface area contributed by atoms with Gasteiger partial charge in [0.25, 0.3) is 0 Å². The standard InChI is InChI=1S/C25H25FN6O/c1-24(2,26)14-32-21-9-19(27-11-16(21)12-29-32)22-20(13-28-31-22)30-23(33)25-8-7-15(10-25)17-5-3-4-6-18(17)25/h3-6,9,11-13,15H,7-8,10,14H2,1-2H3,(H,28,31)(H,30,33). The topological polar surface area (TPSA) is 88.5 Å². The summed E-state index contributed by atoms with van der Waals surface area (Å²) in [5, 5.41) is 15.4. The van der Waals surface area contributed by atoms with Crippen molar-refractivity contribution in [3.63, 3.8) is 0 Å². The van der Waals surface area contributed by atoms with E-state index in [1.807, 2.05) is 12.1 Å². The fourth-order valence-electron chi connectivity index (χ4n) is 5.58. The third kappa shape index (κ3) is 3.15. The minimum absolute atomic E-state index is 0.00268. The van der Waals surface area contributed by atoms with E-state index in [1.165, 1.54) is 19.4 Å². The summed E-state index contributed by atoms with van der Waals surface area (Å²) in [4.78, 5) is 18.1. The maximum Gasteiger partial charge on any atom is 0.235 e. The normalized spacial score (nSPS) is 21.5. The van der Waals surface area contributed by atoms with Crippen molar-refractivity contribution in [3.05, 3.63) is 60.0 Å². The number of hydrogen-bond donors (Lipinski definition) is 2. The fraction of sp³-hybridized carbons (Fsp3) is 0.360. The number of H-pyrrole nitrogens is 1. The molecule has 1 fully saturated rings. The Bertz CT molecular complexity index is 1380. The van der Waals surface area contributed by atoms with Crippen molar-refractivity contribution < 1.29 is 9.18 Å². The first-order valence-electron chi connectivity index (χ1n) is 11.3. The molecule has 33 heavy (non-hydrogen) atoms. The lowest BCUT2D eigenvalue weighted by atomic mass is 9.78. The second-order valence-electron chi connectivity index (χ2n) is 9.87. The highest BCUT2D eigenvalue weighted by Crippen LogP contribution is 2.57. The number of alkyl halides is 1. The summed E-state index contributed by atoms with van der Waals surface area (Å²) in [6.07, 6.45) is 7.75. The van der Waals surface area contributed by atoms with Gasteiger partial charge in [-0.2, -0.15) is 10.2 Å². The molecule has 2 bridgehead atoms. The van der Waals surface area contributed by atoms with Crippen molar-refractivity contribution in [1.82, 2.24) is 25.0 Å². The van der Waals surface area contributed by atoms with Crippen molar-refractivity contribution in [2.45, 2.75) is 56.7 Å². The SMILES string of the molecule is CC(C)(F)Cn1ncc2cnc(-c3[nH]ncc3NC(=O)C34CCC(C3)c3ccccc34)cc21. The third-order valence-corrected chi connectivity index (χ3v) is 7.06. The van der Waals surface area contributed by atoms with E-state index in [1.54, 1.807) is 23.3 Å². The van der Waals surface area contributed by atoms with E-state index in [-0.39, 0.29) is 12.5 Å². The van der Waals surface area contributed by atoms with E-state index in [2.05, 4.69) is 43.8 Å². The molecule has 2 aliphatic carbocycles. The molecule has 2 aliphatic rings. The third-order valence-electron chi connectivity index (χ3n) is 7.06. The highest BCUT2D eigenvalue weighted by atomic mass is 19.1. The van der Waals surface area contributed by atoms with Crippen molar-refractivity contribution in [1.29, 1.82) is 0 Å². The molecular formula is C25H25FN6O. The number of nitrogens with zero attached hydrogens (tertiary/aromatic N) is 4. The molecule has 7 nitrogen and oxygen atoms in total. The molecule has 3 heterocycles. The lowest BCUT2D eigenvalue weighted by Gasteiger charge is -2.27. The average molecular weight is 445 g/mol. The molecule has 2 N–H and O–H groups in total. The predicted molar refractivity (Wildman–Crippen MR) is 124 cm³/mol. The number of amides is 1. The zero-order valence-electron chi connectivity index (χ0n) is 18.6. The van der Waals surface area contributed by atoms with Gasteiger partial charge in [-0.1, -0.05) is 24.3 Å². The van der Waals surface area contributed by atoms with Crippen molar-refractivity contribution >= 4 is 22.5 Å². The van der Waals surface area contributed by atoms with E-state index in [0.29, 0.717) is 23.0 Å². The number of aromatic amines is 1. The lowest BCUT2D eigenvalue weighted by molar-refractivity contribution is -0.121. The Labute approximate surface area is 190 Å².